The molecule has 1 N–H and O–H groups in total. The molecule has 0 bridgehead atoms. The Labute approximate surface area is 170 Å². The Hall–Kier alpha value is -2.83. The molecular weight excluding hydrogens is 398 g/mol. The number of benzene rings is 2. The van der Waals surface area contributed by atoms with Gasteiger partial charge in [0, 0.05) is 26.7 Å². The Bertz CT molecular complexity index is 1040. The fraction of sp³-hybridized carbons (Fsp3) is 0.143. The lowest BCUT2D eigenvalue weighted by Gasteiger charge is -2.16. The van der Waals surface area contributed by atoms with Gasteiger partial charge in [-0.1, -0.05) is 23.7 Å². The van der Waals surface area contributed by atoms with E-state index < -0.39 is 18.0 Å². The minimum atomic E-state index is -0.939. The van der Waals surface area contributed by atoms with Crippen LogP contribution in [-0.2, 0) is 16.1 Å². The maximum atomic E-state index is 12.5. The molecule has 2 heterocycles. The van der Waals surface area contributed by atoms with E-state index in [0.29, 0.717) is 22.2 Å². The molecule has 7 heteroatoms. The number of thiophene rings is 1. The van der Waals surface area contributed by atoms with Crippen LogP contribution in [0, 0.1) is 0 Å². The van der Waals surface area contributed by atoms with Crippen molar-refractivity contribution in [2.24, 2.45) is 0 Å². The minimum Gasteiger partial charge on any atom is -0.488 e. The maximum Gasteiger partial charge on any atom is 0.349 e. The van der Waals surface area contributed by atoms with Gasteiger partial charge < -0.3 is 14.8 Å². The van der Waals surface area contributed by atoms with Gasteiger partial charge in [-0.05, 0) is 49.4 Å². The first kappa shape index (κ1) is 18.5. The second-order valence-corrected chi connectivity index (χ2v) is 7.78. The topological polar surface area (TPSA) is 64.6 Å². The number of nitrogens with one attached hydrogen (secondary N) is 1. The molecule has 1 aliphatic heterocycles. The molecular formula is C21H16ClNO4S. The maximum absolute atomic E-state index is 12.5. The van der Waals surface area contributed by atoms with Crippen molar-refractivity contribution in [3.63, 3.8) is 0 Å². The van der Waals surface area contributed by atoms with Crippen LogP contribution in [0.2, 0.25) is 5.02 Å². The van der Waals surface area contributed by atoms with Crippen molar-refractivity contribution >= 4 is 40.5 Å². The molecule has 0 fully saturated rings. The SMILES string of the molecule is CC(OC(=O)c1cc2c(s1)-c1ccccc1OC2)C(=O)Nc1ccc(Cl)cc1. The molecule has 3 aromatic rings. The van der Waals surface area contributed by atoms with Crippen LogP contribution in [-0.4, -0.2) is 18.0 Å². The average molecular weight is 414 g/mol. The average Bonchev–Trinajstić information content (AvgIpc) is 3.14. The van der Waals surface area contributed by atoms with E-state index in [2.05, 4.69) is 5.32 Å². The highest BCUT2D eigenvalue weighted by atomic mass is 35.5. The number of anilines is 1. The molecule has 0 aliphatic carbocycles. The van der Waals surface area contributed by atoms with E-state index >= 15 is 0 Å². The first-order valence-electron chi connectivity index (χ1n) is 8.63. The molecule has 1 unspecified atom stereocenters. The number of rotatable bonds is 4. The first-order valence-corrected chi connectivity index (χ1v) is 9.83. The molecule has 4 rings (SSSR count). The van der Waals surface area contributed by atoms with Gasteiger partial charge in [-0.2, -0.15) is 0 Å². The van der Waals surface area contributed by atoms with Gasteiger partial charge in [0.15, 0.2) is 6.10 Å². The Balaban J connectivity index is 1.45. The molecule has 1 aliphatic rings. The lowest BCUT2D eigenvalue weighted by Crippen LogP contribution is -2.29. The van der Waals surface area contributed by atoms with Crippen LogP contribution >= 0.6 is 22.9 Å². The van der Waals surface area contributed by atoms with Crippen LogP contribution in [0.5, 0.6) is 5.75 Å². The molecule has 1 atom stereocenters. The Morgan fingerprint density at radius 3 is 2.71 bits per heavy atom. The largest absolute Gasteiger partial charge is 0.488 e. The van der Waals surface area contributed by atoms with E-state index in [1.54, 1.807) is 30.3 Å². The van der Waals surface area contributed by atoms with E-state index in [0.717, 1.165) is 21.8 Å². The fourth-order valence-electron chi connectivity index (χ4n) is 2.85. The summed E-state index contributed by atoms with van der Waals surface area (Å²) in [5.74, 6) is -0.145. The number of carbonyl (C=O) groups is 2. The van der Waals surface area contributed by atoms with Crippen molar-refractivity contribution in [2.45, 2.75) is 19.6 Å². The smallest absolute Gasteiger partial charge is 0.349 e. The zero-order chi connectivity index (χ0) is 19.7. The van der Waals surface area contributed by atoms with Gasteiger partial charge in [0.1, 0.15) is 17.2 Å². The van der Waals surface area contributed by atoms with E-state index in [4.69, 9.17) is 21.1 Å². The summed E-state index contributed by atoms with van der Waals surface area (Å²) in [5, 5.41) is 3.27. The summed E-state index contributed by atoms with van der Waals surface area (Å²) in [4.78, 5) is 26.3. The Morgan fingerprint density at radius 1 is 1.18 bits per heavy atom. The number of fused-ring (bicyclic) bond motifs is 3. The highest BCUT2D eigenvalue weighted by molar-refractivity contribution is 7.17. The van der Waals surface area contributed by atoms with Gasteiger partial charge in [-0.3, -0.25) is 4.79 Å². The number of hydrogen-bond donors (Lipinski definition) is 1. The second-order valence-electron chi connectivity index (χ2n) is 6.29. The van der Waals surface area contributed by atoms with Gasteiger partial charge in [0.2, 0.25) is 0 Å². The van der Waals surface area contributed by atoms with Crippen molar-refractivity contribution in [2.75, 3.05) is 5.32 Å². The quantitative estimate of drug-likeness (QED) is 0.601. The minimum absolute atomic E-state index is 0.405. The predicted octanol–water partition coefficient (Wildman–Crippen LogP) is 5.14. The van der Waals surface area contributed by atoms with E-state index in [1.165, 1.54) is 18.3 Å². The molecule has 0 spiro atoms. The molecule has 0 saturated heterocycles. The third-order valence-corrected chi connectivity index (χ3v) is 5.73. The summed E-state index contributed by atoms with van der Waals surface area (Å²) in [6.07, 6.45) is -0.939. The van der Waals surface area contributed by atoms with Gasteiger partial charge in [-0.15, -0.1) is 11.3 Å². The van der Waals surface area contributed by atoms with Crippen molar-refractivity contribution in [1.29, 1.82) is 0 Å². The summed E-state index contributed by atoms with van der Waals surface area (Å²) >= 11 is 7.18. The van der Waals surface area contributed by atoms with Crippen LogP contribution in [0.1, 0.15) is 22.2 Å². The normalized spacial score (nSPS) is 12.9. The number of para-hydroxylation sites is 1. The second kappa shape index (κ2) is 7.66. The van der Waals surface area contributed by atoms with Crippen LogP contribution < -0.4 is 10.1 Å². The lowest BCUT2D eigenvalue weighted by molar-refractivity contribution is -0.123. The number of halogens is 1. The summed E-state index contributed by atoms with van der Waals surface area (Å²) in [6, 6.07) is 16.2. The molecule has 5 nitrogen and oxygen atoms in total. The third kappa shape index (κ3) is 3.74. The predicted molar refractivity (Wildman–Crippen MR) is 109 cm³/mol. The van der Waals surface area contributed by atoms with Gasteiger partial charge >= 0.3 is 5.97 Å². The highest BCUT2D eigenvalue weighted by Gasteiger charge is 2.25. The molecule has 2 aromatic carbocycles. The summed E-state index contributed by atoms with van der Waals surface area (Å²) in [7, 11) is 0. The summed E-state index contributed by atoms with van der Waals surface area (Å²) < 4.78 is 11.1. The van der Waals surface area contributed by atoms with Crippen molar-refractivity contribution in [3.8, 4) is 16.2 Å². The summed E-state index contributed by atoms with van der Waals surface area (Å²) in [6.45, 7) is 1.94. The van der Waals surface area contributed by atoms with Gasteiger partial charge in [-0.25, -0.2) is 4.79 Å². The molecule has 28 heavy (non-hydrogen) atoms. The molecule has 1 amide bonds. The molecule has 142 valence electrons. The van der Waals surface area contributed by atoms with Crippen LogP contribution in [0.15, 0.2) is 54.6 Å². The van der Waals surface area contributed by atoms with E-state index in [9.17, 15) is 9.59 Å². The van der Waals surface area contributed by atoms with Gasteiger partial charge in [0.25, 0.3) is 5.91 Å². The molecule has 1 aromatic heterocycles. The number of hydrogen-bond acceptors (Lipinski definition) is 5. The monoisotopic (exact) mass is 413 g/mol. The Morgan fingerprint density at radius 2 is 1.93 bits per heavy atom. The summed E-state index contributed by atoms with van der Waals surface area (Å²) in [5.41, 5.74) is 2.48. The van der Waals surface area contributed by atoms with Crippen molar-refractivity contribution < 1.29 is 19.1 Å². The molecule has 0 saturated carbocycles. The van der Waals surface area contributed by atoms with Crippen molar-refractivity contribution in [3.05, 3.63) is 70.1 Å². The number of esters is 1. The van der Waals surface area contributed by atoms with Gasteiger partial charge in [0.05, 0.1) is 0 Å². The number of ether oxygens (including phenoxy) is 2. The highest BCUT2D eigenvalue weighted by Crippen LogP contribution is 2.42. The third-order valence-electron chi connectivity index (χ3n) is 4.29. The van der Waals surface area contributed by atoms with Crippen LogP contribution in [0.4, 0.5) is 5.69 Å². The zero-order valence-corrected chi connectivity index (χ0v) is 16.5. The lowest BCUT2D eigenvalue weighted by atomic mass is 10.1. The molecule has 0 radical (unpaired) electrons. The Kier molecular flexibility index (Phi) is 5.07. The zero-order valence-electron chi connectivity index (χ0n) is 14.9. The first-order chi connectivity index (χ1) is 13.5. The van der Waals surface area contributed by atoms with Crippen molar-refractivity contribution in [1.82, 2.24) is 0 Å². The van der Waals surface area contributed by atoms with Crippen LogP contribution in [0.25, 0.3) is 10.4 Å². The standard InChI is InChI=1S/C21H16ClNO4S/c1-12(20(24)23-15-8-6-14(22)7-9-15)27-21(25)18-10-13-11-26-17-5-3-2-4-16(17)19(13)28-18/h2-10,12H,11H2,1H3,(H,23,24). The van der Waals surface area contributed by atoms with Crippen LogP contribution in [0.3, 0.4) is 0 Å². The number of amides is 1. The van der Waals surface area contributed by atoms with E-state index in [-0.39, 0.29) is 0 Å². The number of carbonyl (C=O) groups excluding carboxylic acids is 2. The fourth-order valence-corrected chi connectivity index (χ4v) is 4.06. The van der Waals surface area contributed by atoms with E-state index in [1.807, 2.05) is 24.3 Å².